The standard InChI is InChI=1S/C12H24O4/c1-11-7-13-3-5-15-9-12(2)10-16-6-4-14-8-11/h11-12H,3-10H2,1-2H3. The first-order valence-corrected chi connectivity index (χ1v) is 6.10. The molecule has 0 bridgehead atoms. The van der Waals surface area contributed by atoms with Gasteiger partial charge in [0.25, 0.3) is 0 Å². The Balaban J connectivity index is 2.18. The maximum atomic E-state index is 5.49. The van der Waals surface area contributed by atoms with E-state index in [2.05, 4.69) is 13.8 Å². The minimum atomic E-state index is 0.432. The molecule has 1 aliphatic rings. The lowest BCUT2D eigenvalue weighted by atomic mass is 10.2. The van der Waals surface area contributed by atoms with Crippen molar-refractivity contribution < 1.29 is 18.9 Å². The van der Waals surface area contributed by atoms with Gasteiger partial charge in [0.1, 0.15) is 0 Å². The third-order valence-electron chi connectivity index (χ3n) is 2.35. The molecular formula is C12H24O4. The van der Waals surface area contributed by atoms with Gasteiger partial charge in [0, 0.05) is 11.8 Å². The fourth-order valence-electron chi connectivity index (χ4n) is 1.47. The first-order valence-electron chi connectivity index (χ1n) is 6.10. The van der Waals surface area contributed by atoms with Gasteiger partial charge < -0.3 is 18.9 Å². The van der Waals surface area contributed by atoms with Crippen LogP contribution in [0.3, 0.4) is 0 Å². The van der Waals surface area contributed by atoms with E-state index in [4.69, 9.17) is 18.9 Å². The Morgan fingerprint density at radius 3 is 1.06 bits per heavy atom. The lowest BCUT2D eigenvalue weighted by Gasteiger charge is -2.16. The van der Waals surface area contributed by atoms with Crippen molar-refractivity contribution in [2.45, 2.75) is 13.8 Å². The number of hydrogen-bond acceptors (Lipinski definition) is 4. The van der Waals surface area contributed by atoms with Gasteiger partial charge in [0.15, 0.2) is 0 Å². The van der Waals surface area contributed by atoms with Crippen LogP contribution in [0, 0.1) is 11.8 Å². The van der Waals surface area contributed by atoms with Crippen LogP contribution in [0.2, 0.25) is 0 Å². The minimum absolute atomic E-state index is 0.432. The second-order valence-corrected chi connectivity index (χ2v) is 4.51. The van der Waals surface area contributed by atoms with E-state index in [1.54, 1.807) is 0 Å². The van der Waals surface area contributed by atoms with Crippen LogP contribution in [-0.2, 0) is 18.9 Å². The third kappa shape index (κ3) is 7.17. The fourth-order valence-corrected chi connectivity index (χ4v) is 1.47. The molecule has 0 spiro atoms. The highest BCUT2D eigenvalue weighted by molar-refractivity contribution is 4.52. The molecule has 0 saturated carbocycles. The molecule has 96 valence electrons. The predicted octanol–water partition coefficient (Wildman–Crippen LogP) is 1.34. The SMILES string of the molecule is CC1COCCOCC(C)COCCOC1. The molecule has 0 aromatic heterocycles. The van der Waals surface area contributed by atoms with E-state index in [9.17, 15) is 0 Å². The molecule has 4 nitrogen and oxygen atoms in total. The Morgan fingerprint density at radius 2 is 0.812 bits per heavy atom. The molecule has 0 aromatic rings. The van der Waals surface area contributed by atoms with E-state index in [1.165, 1.54) is 0 Å². The Morgan fingerprint density at radius 1 is 0.562 bits per heavy atom. The Labute approximate surface area is 98.2 Å². The van der Waals surface area contributed by atoms with Gasteiger partial charge in [0.05, 0.1) is 52.9 Å². The summed E-state index contributed by atoms with van der Waals surface area (Å²) < 4.78 is 22.0. The molecule has 0 aliphatic carbocycles. The summed E-state index contributed by atoms with van der Waals surface area (Å²) in [6.07, 6.45) is 0. The zero-order chi connectivity index (χ0) is 11.6. The summed E-state index contributed by atoms with van der Waals surface area (Å²) in [5.41, 5.74) is 0. The van der Waals surface area contributed by atoms with Crippen LogP contribution in [0.1, 0.15) is 13.8 Å². The molecule has 0 amide bonds. The van der Waals surface area contributed by atoms with E-state index in [0.29, 0.717) is 38.3 Å². The average molecular weight is 232 g/mol. The highest BCUT2D eigenvalue weighted by Gasteiger charge is 2.06. The molecule has 1 saturated heterocycles. The number of hydrogen-bond donors (Lipinski definition) is 0. The summed E-state index contributed by atoms with van der Waals surface area (Å²) >= 11 is 0. The van der Waals surface area contributed by atoms with Crippen LogP contribution in [0.25, 0.3) is 0 Å². The molecule has 16 heavy (non-hydrogen) atoms. The minimum Gasteiger partial charge on any atom is -0.379 e. The summed E-state index contributed by atoms with van der Waals surface area (Å²) in [5, 5.41) is 0. The summed E-state index contributed by atoms with van der Waals surface area (Å²) in [6, 6.07) is 0. The molecule has 4 heteroatoms. The second-order valence-electron chi connectivity index (χ2n) is 4.51. The monoisotopic (exact) mass is 232 g/mol. The first kappa shape index (κ1) is 13.9. The van der Waals surface area contributed by atoms with Gasteiger partial charge in [-0.05, 0) is 0 Å². The van der Waals surface area contributed by atoms with Crippen molar-refractivity contribution in [1.82, 2.24) is 0 Å². The smallest absolute Gasteiger partial charge is 0.0700 e. The Kier molecular flexibility index (Phi) is 7.76. The van der Waals surface area contributed by atoms with Gasteiger partial charge in [-0.15, -0.1) is 0 Å². The first-order chi connectivity index (χ1) is 7.79. The molecular weight excluding hydrogens is 208 g/mol. The maximum absolute atomic E-state index is 5.49. The molecule has 0 aromatic carbocycles. The number of rotatable bonds is 0. The van der Waals surface area contributed by atoms with Crippen LogP contribution >= 0.6 is 0 Å². The van der Waals surface area contributed by atoms with E-state index >= 15 is 0 Å². The fraction of sp³-hybridized carbons (Fsp3) is 1.00. The van der Waals surface area contributed by atoms with E-state index in [0.717, 1.165) is 26.4 Å². The predicted molar refractivity (Wildman–Crippen MR) is 61.6 cm³/mol. The molecule has 1 heterocycles. The maximum Gasteiger partial charge on any atom is 0.0700 e. The summed E-state index contributed by atoms with van der Waals surface area (Å²) in [7, 11) is 0. The van der Waals surface area contributed by atoms with Gasteiger partial charge in [-0.1, -0.05) is 13.8 Å². The molecule has 1 aliphatic heterocycles. The van der Waals surface area contributed by atoms with Gasteiger partial charge >= 0.3 is 0 Å². The lowest BCUT2D eigenvalue weighted by molar-refractivity contribution is -0.0272. The van der Waals surface area contributed by atoms with Crippen molar-refractivity contribution in [1.29, 1.82) is 0 Å². The molecule has 0 atom stereocenters. The summed E-state index contributed by atoms with van der Waals surface area (Å²) in [4.78, 5) is 0. The Hall–Kier alpha value is -0.160. The van der Waals surface area contributed by atoms with Gasteiger partial charge in [-0.3, -0.25) is 0 Å². The largest absolute Gasteiger partial charge is 0.379 e. The molecule has 1 rings (SSSR count). The van der Waals surface area contributed by atoms with Crippen molar-refractivity contribution in [3.8, 4) is 0 Å². The van der Waals surface area contributed by atoms with Crippen molar-refractivity contribution in [2.75, 3.05) is 52.9 Å². The Bertz CT molecular complexity index is 129. The lowest BCUT2D eigenvalue weighted by Crippen LogP contribution is -2.20. The van der Waals surface area contributed by atoms with Crippen molar-refractivity contribution in [3.63, 3.8) is 0 Å². The zero-order valence-corrected chi connectivity index (χ0v) is 10.4. The molecule has 0 radical (unpaired) electrons. The molecule has 0 unspecified atom stereocenters. The molecule has 1 fully saturated rings. The third-order valence-corrected chi connectivity index (χ3v) is 2.35. The van der Waals surface area contributed by atoms with Gasteiger partial charge in [-0.2, -0.15) is 0 Å². The van der Waals surface area contributed by atoms with Crippen molar-refractivity contribution in [3.05, 3.63) is 0 Å². The highest BCUT2D eigenvalue weighted by Crippen LogP contribution is 2.00. The normalized spacial score (nSPS) is 31.9. The van der Waals surface area contributed by atoms with E-state index in [1.807, 2.05) is 0 Å². The second kappa shape index (κ2) is 8.93. The van der Waals surface area contributed by atoms with Crippen LogP contribution in [0.4, 0.5) is 0 Å². The van der Waals surface area contributed by atoms with Crippen LogP contribution in [0.5, 0.6) is 0 Å². The van der Waals surface area contributed by atoms with Crippen LogP contribution < -0.4 is 0 Å². The summed E-state index contributed by atoms with van der Waals surface area (Å²) in [6.45, 7) is 9.84. The van der Waals surface area contributed by atoms with Gasteiger partial charge in [0.2, 0.25) is 0 Å². The average Bonchev–Trinajstić information content (AvgIpc) is 2.27. The van der Waals surface area contributed by atoms with Gasteiger partial charge in [-0.25, -0.2) is 0 Å². The van der Waals surface area contributed by atoms with E-state index in [-0.39, 0.29) is 0 Å². The highest BCUT2D eigenvalue weighted by atomic mass is 16.5. The zero-order valence-electron chi connectivity index (χ0n) is 10.4. The van der Waals surface area contributed by atoms with Crippen LogP contribution in [-0.4, -0.2) is 52.9 Å². The van der Waals surface area contributed by atoms with Crippen molar-refractivity contribution in [2.24, 2.45) is 11.8 Å². The summed E-state index contributed by atoms with van der Waals surface area (Å²) in [5.74, 6) is 0.865. The van der Waals surface area contributed by atoms with Crippen LogP contribution in [0.15, 0.2) is 0 Å². The van der Waals surface area contributed by atoms with Crippen molar-refractivity contribution >= 4 is 0 Å². The quantitative estimate of drug-likeness (QED) is 0.631. The topological polar surface area (TPSA) is 36.9 Å². The molecule has 0 N–H and O–H groups in total. The number of ether oxygens (including phenoxy) is 4. The van der Waals surface area contributed by atoms with E-state index < -0.39 is 0 Å².